The Hall–Kier alpha value is -2.94. The van der Waals surface area contributed by atoms with Crippen LogP contribution in [0.4, 0.5) is 10.1 Å². The third kappa shape index (κ3) is 7.55. The lowest BCUT2D eigenvalue weighted by molar-refractivity contribution is -0.140. The standard InChI is InChI=1S/C25H34FN3O4S/c1-6-27-25(31)20(4)28(17-21-10-7-8-11-23(21)26)24(30)12-9-13-29(34(5,32)33)22-15-18(2)14-19(3)16-22/h7-8,10-11,14-16,20H,6,9,12-13,17H2,1-5H3,(H,27,31). The molecule has 0 saturated carbocycles. The van der Waals surface area contributed by atoms with E-state index in [0.717, 1.165) is 17.4 Å². The normalized spacial score (nSPS) is 12.2. The summed E-state index contributed by atoms with van der Waals surface area (Å²) >= 11 is 0. The lowest BCUT2D eigenvalue weighted by atomic mass is 10.1. The fourth-order valence-corrected chi connectivity index (χ4v) is 4.76. The summed E-state index contributed by atoms with van der Waals surface area (Å²) in [5.74, 6) is -1.14. The summed E-state index contributed by atoms with van der Waals surface area (Å²) in [5, 5.41) is 2.69. The van der Waals surface area contributed by atoms with Gasteiger partial charge in [0.25, 0.3) is 0 Å². The van der Waals surface area contributed by atoms with E-state index in [1.807, 2.05) is 19.9 Å². The number of anilines is 1. The van der Waals surface area contributed by atoms with Crippen LogP contribution in [0.1, 0.15) is 43.4 Å². The van der Waals surface area contributed by atoms with Crippen molar-refractivity contribution in [3.63, 3.8) is 0 Å². The van der Waals surface area contributed by atoms with Crippen LogP contribution in [-0.2, 0) is 26.2 Å². The van der Waals surface area contributed by atoms with E-state index in [4.69, 9.17) is 0 Å². The van der Waals surface area contributed by atoms with Gasteiger partial charge in [-0.3, -0.25) is 13.9 Å². The quantitative estimate of drug-likeness (QED) is 0.521. The van der Waals surface area contributed by atoms with Gasteiger partial charge in [-0.2, -0.15) is 0 Å². The number of halogens is 1. The summed E-state index contributed by atoms with van der Waals surface area (Å²) in [6.45, 7) is 7.62. The van der Waals surface area contributed by atoms with Crippen LogP contribution < -0.4 is 9.62 Å². The number of likely N-dealkylation sites (N-methyl/N-ethyl adjacent to an activating group) is 1. The molecule has 2 rings (SSSR count). The van der Waals surface area contributed by atoms with E-state index in [1.54, 1.807) is 44.2 Å². The minimum atomic E-state index is -3.57. The molecule has 1 atom stereocenters. The summed E-state index contributed by atoms with van der Waals surface area (Å²) in [6.07, 6.45) is 1.39. The second-order valence-electron chi connectivity index (χ2n) is 8.47. The van der Waals surface area contributed by atoms with Crippen LogP contribution in [0.2, 0.25) is 0 Å². The number of rotatable bonds is 11. The predicted octanol–water partition coefficient (Wildman–Crippen LogP) is 3.54. The Morgan fingerprint density at radius 1 is 1.09 bits per heavy atom. The lowest BCUT2D eigenvalue weighted by Gasteiger charge is -2.29. The lowest BCUT2D eigenvalue weighted by Crippen LogP contribution is -2.47. The van der Waals surface area contributed by atoms with E-state index < -0.39 is 21.9 Å². The third-order valence-electron chi connectivity index (χ3n) is 5.46. The van der Waals surface area contributed by atoms with Crippen LogP contribution in [0, 0.1) is 19.7 Å². The van der Waals surface area contributed by atoms with Crippen LogP contribution in [0.3, 0.4) is 0 Å². The van der Waals surface area contributed by atoms with Crippen molar-refractivity contribution in [2.45, 2.75) is 53.1 Å². The van der Waals surface area contributed by atoms with E-state index in [1.165, 1.54) is 15.3 Å². The first-order chi connectivity index (χ1) is 15.9. The van der Waals surface area contributed by atoms with Gasteiger partial charge in [-0.1, -0.05) is 24.3 Å². The van der Waals surface area contributed by atoms with Crippen molar-refractivity contribution >= 4 is 27.5 Å². The van der Waals surface area contributed by atoms with E-state index in [-0.39, 0.29) is 37.7 Å². The molecule has 0 aromatic heterocycles. The van der Waals surface area contributed by atoms with Crippen molar-refractivity contribution in [2.75, 3.05) is 23.7 Å². The van der Waals surface area contributed by atoms with Crippen molar-refractivity contribution in [2.24, 2.45) is 0 Å². The van der Waals surface area contributed by atoms with Gasteiger partial charge in [-0.15, -0.1) is 0 Å². The van der Waals surface area contributed by atoms with Gasteiger partial charge in [0.05, 0.1) is 11.9 Å². The van der Waals surface area contributed by atoms with E-state index in [0.29, 0.717) is 17.8 Å². The first kappa shape index (κ1) is 27.3. The average Bonchev–Trinajstić information content (AvgIpc) is 2.74. The highest BCUT2D eigenvalue weighted by Crippen LogP contribution is 2.22. The smallest absolute Gasteiger partial charge is 0.242 e. The van der Waals surface area contributed by atoms with Crippen molar-refractivity contribution < 1.29 is 22.4 Å². The molecule has 0 bridgehead atoms. The largest absolute Gasteiger partial charge is 0.355 e. The Morgan fingerprint density at radius 3 is 2.26 bits per heavy atom. The number of benzene rings is 2. The second kappa shape index (κ2) is 12.0. The molecule has 0 saturated heterocycles. The highest BCUT2D eigenvalue weighted by atomic mass is 32.2. The van der Waals surface area contributed by atoms with Crippen LogP contribution >= 0.6 is 0 Å². The molecule has 7 nitrogen and oxygen atoms in total. The summed E-state index contributed by atoms with van der Waals surface area (Å²) in [4.78, 5) is 26.9. The molecule has 0 aliphatic rings. The number of nitrogens with one attached hydrogen (secondary N) is 1. The molecule has 0 radical (unpaired) electrons. The molecular weight excluding hydrogens is 457 g/mol. The molecule has 0 spiro atoms. The van der Waals surface area contributed by atoms with Crippen molar-refractivity contribution in [3.8, 4) is 0 Å². The number of sulfonamides is 1. The molecule has 1 N–H and O–H groups in total. The Balaban J connectivity index is 2.19. The summed E-state index contributed by atoms with van der Waals surface area (Å²) in [6, 6.07) is 10.8. The molecule has 0 fully saturated rings. The van der Waals surface area contributed by atoms with Crippen molar-refractivity contribution in [1.29, 1.82) is 0 Å². The maximum atomic E-state index is 14.3. The molecule has 9 heteroatoms. The van der Waals surface area contributed by atoms with Crippen molar-refractivity contribution in [1.82, 2.24) is 10.2 Å². The minimum absolute atomic E-state index is 0.00894. The van der Waals surface area contributed by atoms with Crippen LogP contribution in [0.25, 0.3) is 0 Å². The average molecular weight is 492 g/mol. The first-order valence-corrected chi connectivity index (χ1v) is 13.2. The summed E-state index contributed by atoms with van der Waals surface area (Å²) < 4.78 is 40.4. The molecule has 186 valence electrons. The molecule has 0 aliphatic carbocycles. The maximum Gasteiger partial charge on any atom is 0.242 e. The zero-order valence-electron chi connectivity index (χ0n) is 20.5. The first-order valence-electron chi connectivity index (χ1n) is 11.3. The maximum absolute atomic E-state index is 14.3. The highest BCUT2D eigenvalue weighted by Gasteiger charge is 2.27. The highest BCUT2D eigenvalue weighted by molar-refractivity contribution is 7.92. The minimum Gasteiger partial charge on any atom is -0.355 e. The Morgan fingerprint density at radius 2 is 1.71 bits per heavy atom. The van der Waals surface area contributed by atoms with Crippen LogP contribution in [-0.4, -0.2) is 50.5 Å². The number of carbonyl (C=O) groups excluding carboxylic acids is 2. The Kier molecular flexibility index (Phi) is 9.61. The molecule has 2 aromatic rings. The van der Waals surface area contributed by atoms with E-state index >= 15 is 0 Å². The monoisotopic (exact) mass is 491 g/mol. The fourth-order valence-electron chi connectivity index (χ4n) is 3.81. The molecule has 34 heavy (non-hydrogen) atoms. The van der Waals surface area contributed by atoms with Crippen LogP contribution in [0.5, 0.6) is 0 Å². The van der Waals surface area contributed by atoms with E-state index in [2.05, 4.69) is 5.32 Å². The zero-order valence-corrected chi connectivity index (χ0v) is 21.3. The molecule has 0 aliphatic heterocycles. The second-order valence-corrected chi connectivity index (χ2v) is 10.4. The van der Waals surface area contributed by atoms with Crippen LogP contribution in [0.15, 0.2) is 42.5 Å². The molecule has 2 amide bonds. The fraction of sp³-hybridized carbons (Fsp3) is 0.440. The van der Waals surface area contributed by atoms with Gasteiger partial charge in [0.2, 0.25) is 21.8 Å². The van der Waals surface area contributed by atoms with Gasteiger partial charge in [-0.05, 0) is 63.4 Å². The Labute approximate surface area is 202 Å². The summed E-state index contributed by atoms with van der Waals surface area (Å²) in [5.41, 5.74) is 2.73. The predicted molar refractivity (Wildman–Crippen MR) is 132 cm³/mol. The number of carbonyl (C=O) groups is 2. The van der Waals surface area contributed by atoms with Gasteiger partial charge in [-0.25, -0.2) is 12.8 Å². The van der Waals surface area contributed by atoms with Crippen molar-refractivity contribution in [3.05, 3.63) is 65.0 Å². The summed E-state index contributed by atoms with van der Waals surface area (Å²) in [7, 11) is -3.57. The van der Waals surface area contributed by atoms with Gasteiger partial charge in [0.15, 0.2) is 0 Å². The number of nitrogens with zero attached hydrogens (tertiary/aromatic N) is 2. The number of hydrogen-bond donors (Lipinski definition) is 1. The molecule has 1 unspecified atom stereocenters. The van der Waals surface area contributed by atoms with Gasteiger partial charge < -0.3 is 10.2 Å². The SMILES string of the molecule is CCNC(=O)C(C)N(Cc1ccccc1F)C(=O)CCCN(c1cc(C)cc(C)c1)S(C)(=O)=O. The molecule has 0 heterocycles. The van der Waals surface area contributed by atoms with Gasteiger partial charge in [0.1, 0.15) is 11.9 Å². The number of aryl methyl sites for hydroxylation is 2. The third-order valence-corrected chi connectivity index (χ3v) is 6.66. The van der Waals surface area contributed by atoms with Gasteiger partial charge >= 0.3 is 0 Å². The number of amides is 2. The number of hydrogen-bond acceptors (Lipinski definition) is 4. The zero-order chi connectivity index (χ0) is 25.5. The Bertz CT molecular complexity index is 1100. The van der Waals surface area contributed by atoms with Gasteiger partial charge in [0, 0.05) is 31.6 Å². The topological polar surface area (TPSA) is 86.8 Å². The molecule has 2 aromatic carbocycles. The molecular formula is C25H34FN3O4S. The van der Waals surface area contributed by atoms with E-state index in [9.17, 15) is 22.4 Å².